The number of carboxylic acids is 3. The van der Waals surface area contributed by atoms with Crippen molar-refractivity contribution in [2.75, 3.05) is 6.54 Å². The van der Waals surface area contributed by atoms with Gasteiger partial charge in [-0.25, -0.2) is 0 Å². The third-order valence-corrected chi connectivity index (χ3v) is 2.72. The maximum atomic E-state index is 10.1. The van der Waals surface area contributed by atoms with E-state index in [9.17, 15) is 14.4 Å². The van der Waals surface area contributed by atoms with E-state index >= 15 is 0 Å². The smallest absolute Gasteiger partial charge is 0.320 e. The standard InChI is InChI=1S/C6H14N2O2.C6H13NO2.C3H7NO2/c7-4-2-1-3-5(8)6(9)10;1-4(2)3-5(7)6(8)9;1-2(4)3(5)6/h5H,1-4,7-8H2,(H,9,10);4-5H,3,7H2,1-2H3,(H,8,9);2H,4H2,1H3,(H,5,6)/t2*5-;2-/m000/s1. The van der Waals surface area contributed by atoms with Gasteiger partial charge in [0.15, 0.2) is 0 Å². The van der Waals surface area contributed by atoms with E-state index in [1.54, 1.807) is 0 Å². The van der Waals surface area contributed by atoms with Crippen LogP contribution in [-0.4, -0.2) is 57.9 Å². The molecule has 0 bridgehead atoms. The van der Waals surface area contributed by atoms with Crippen LogP contribution in [0.25, 0.3) is 0 Å². The van der Waals surface area contributed by atoms with Crippen LogP contribution in [0.2, 0.25) is 0 Å². The average Bonchev–Trinajstić information content (AvgIpc) is 2.47. The maximum absolute atomic E-state index is 10.1. The summed E-state index contributed by atoms with van der Waals surface area (Å²) in [7, 11) is 0. The SMILES string of the molecule is CC(C)C[C@H](N)C(=O)O.C[C@H](N)C(=O)O.NCCCC[C@H](N)C(=O)O. The van der Waals surface area contributed by atoms with E-state index in [0.29, 0.717) is 25.3 Å². The summed E-state index contributed by atoms with van der Waals surface area (Å²) >= 11 is 0. The van der Waals surface area contributed by atoms with Crippen LogP contribution in [0, 0.1) is 5.92 Å². The highest BCUT2D eigenvalue weighted by Crippen LogP contribution is 2.01. The quantitative estimate of drug-likeness (QED) is 0.257. The van der Waals surface area contributed by atoms with E-state index < -0.39 is 36.0 Å². The second-order valence-corrected chi connectivity index (χ2v) is 5.93. The lowest BCUT2D eigenvalue weighted by Gasteiger charge is -2.07. The molecule has 0 aliphatic heterocycles. The first-order valence-corrected chi connectivity index (χ1v) is 8.01. The molecule has 0 heterocycles. The van der Waals surface area contributed by atoms with E-state index in [1.807, 2.05) is 13.8 Å². The summed E-state index contributed by atoms with van der Waals surface area (Å²) < 4.78 is 0. The van der Waals surface area contributed by atoms with Crippen LogP contribution in [0.5, 0.6) is 0 Å². The Kier molecular flexibility index (Phi) is 19.2. The van der Waals surface area contributed by atoms with Gasteiger partial charge in [0.05, 0.1) is 0 Å². The van der Waals surface area contributed by atoms with Crippen molar-refractivity contribution in [1.29, 1.82) is 0 Å². The van der Waals surface area contributed by atoms with E-state index in [1.165, 1.54) is 6.92 Å². The van der Waals surface area contributed by atoms with Gasteiger partial charge in [-0.05, 0) is 38.6 Å². The molecule has 0 aliphatic rings. The number of hydrogen-bond donors (Lipinski definition) is 7. The number of hydrogen-bond acceptors (Lipinski definition) is 7. The minimum absolute atomic E-state index is 0.357. The summed E-state index contributed by atoms with van der Waals surface area (Å²) in [6, 6.07) is -2.14. The molecule has 10 nitrogen and oxygen atoms in total. The van der Waals surface area contributed by atoms with E-state index in [2.05, 4.69) is 0 Å². The minimum atomic E-state index is -0.963. The first-order valence-electron chi connectivity index (χ1n) is 8.01. The number of aliphatic carboxylic acids is 3. The largest absolute Gasteiger partial charge is 0.480 e. The van der Waals surface area contributed by atoms with Crippen LogP contribution in [0.4, 0.5) is 0 Å². The molecule has 0 aromatic heterocycles. The van der Waals surface area contributed by atoms with Crippen molar-refractivity contribution in [3.05, 3.63) is 0 Å². The second kappa shape index (κ2) is 17.1. The lowest BCUT2D eigenvalue weighted by atomic mass is 10.1. The molecule has 0 aromatic rings. The number of unbranched alkanes of at least 4 members (excludes halogenated alkanes) is 1. The van der Waals surface area contributed by atoms with Gasteiger partial charge in [0.25, 0.3) is 0 Å². The van der Waals surface area contributed by atoms with Crippen LogP contribution in [0.15, 0.2) is 0 Å². The molecule has 0 saturated heterocycles. The zero-order valence-electron chi connectivity index (χ0n) is 15.2. The molecular weight excluding hydrogens is 332 g/mol. The molecule has 0 rings (SSSR count). The Morgan fingerprint density at radius 3 is 1.40 bits per heavy atom. The highest BCUT2D eigenvalue weighted by Gasteiger charge is 2.12. The highest BCUT2D eigenvalue weighted by atomic mass is 16.4. The first kappa shape index (κ1) is 28.1. The molecule has 0 aromatic carbocycles. The molecule has 0 amide bonds. The molecule has 0 spiro atoms. The third kappa shape index (κ3) is 24.6. The van der Waals surface area contributed by atoms with Gasteiger partial charge in [0, 0.05) is 0 Å². The summed E-state index contributed by atoms with van der Waals surface area (Å²) in [6.07, 6.45) is 2.72. The molecule has 150 valence electrons. The number of rotatable bonds is 9. The van der Waals surface area contributed by atoms with Gasteiger partial charge in [-0.1, -0.05) is 20.3 Å². The van der Waals surface area contributed by atoms with Gasteiger partial charge < -0.3 is 38.3 Å². The Labute approximate surface area is 148 Å². The zero-order chi connectivity index (χ0) is 20.6. The topological polar surface area (TPSA) is 216 Å². The lowest BCUT2D eigenvalue weighted by Crippen LogP contribution is -2.31. The molecule has 0 aliphatic carbocycles. The zero-order valence-corrected chi connectivity index (χ0v) is 15.2. The Morgan fingerprint density at radius 1 is 0.800 bits per heavy atom. The molecule has 3 atom stereocenters. The monoisotopic (exact) mass is 366 g/mol. The van der Waals surface area contributed by atoms with Gasteiger partial charge >= 0.3 is 17.9 Å². The van der Waals surface area contributed by atoms with Crippen molar-refractivity contribution in [1.82, 2.24) is 0 Å². The molecule has 0 unspecified atom stereocenters. The summed E-state index contributed by atoms with van der Waals surface area (Å²) in [5.74, 6) is -2.45. The number of carbonyl (C=O) groups is 3. The third-order valence-electron chi connectivity index (χ3n) is 2.72. The number of nitrogens with two attached hydrogens (primary N) is 4. The summed E-state index contributed by atoms with van der Waals surface area (Å²) in [5, 5.41) is 24.5. The maximum Gasteiger partial charge on any atom is 0.320 e. The Morgan fingerprint density at radius 2 is 1.20 bits per heavy atom. The Hall–Kier alpha value is -1.75. The summed E-state index contributed by atoms with van der Waals surface area (Å²) in [5.41, 5.74) is 20.5. The van der Waals surface area contributed by atoms with Crippen LogP contribution in [-0.2, 0) is 14.4 Å². The lowest BCUT2D eigenvalue weighted by molar-refractivity contribution is -0.139. The molecule has 25 heavy (non-hydrogen) atoms. The Balaban J connectivity index is -0.000000300. The minimum Gasteiger partial charge on any atom is -0.480 e. The normalized spacial score (nSPS) is 13.4. The second-order valence-electron chi connectivity index (χ2n) is 5.93. The molecule has 0 saturated carbocycles. The molecule has 11 N–H and O–H groups in total. The number of carboxylic acid groups (broad SMARTS) is 3. The van der Waals surface area contributed by atoms with Gasteiger partial charge in [-0.2, -0.15) is 0 Å². The molecule has 0 radical (unpaired) electrons. The van der Waals surface area contributed by atoms with E-state index in [-0.39, 0.29) is 0 Å². The molecule has 0 fully saturated rings. The summed E-state index contributed by atoms with van der Waals surface area (Å²) in [4.78, 5) is 29.8. The van der Waals surface area contributed by atoms with E-state index in [4.69, 9.17) is 38.3 Å². The fourth-order valence-corrected chi connectivity index (χ4v) is 1.24. The predicted octanol–water partition coefficient (Wildman–Crippen LogP) is -0.610. The predicted molar refractivity (Wildman–Crippen MR) is 94.9 cm³/mol. The Bertz CT molecular complexity index is 377. The fourth-order valence-electron chi connectivity index (χ4n) is 1.24. The van der Waals surface area contributed by atoms with Crippen molar-refractivity contribution in [2.24, 2.45) is 28.9 Å². The van der Waals surface area contributed by atoms with Crippen LogP contribution >= 0.6 is 0 Å². The van der Waals surface area contributed by atoms with Gasteiger partial charge in [0.2, 0.25) is 0 Å². The van der Waals surface area contributed by atoms with Crippen LogP contribution in [0.3, 0.4) is 0 Å². The average molecular weight is 366 g/mol. The molecule has 10 heteroatoms. The van der Waals surface area contributed by atoms with Gasteiger partial charge in [-0.15, -0.1) is 0 Å². The van der Waals surface area contributed by atoms with Gasteiger partial charge in [0.1, 0.15) is 18.1 Å². The van der Waals surface area contributed by atoms with E-state index in [0.717, 1.165) is 12.8 Å². The van der Waals surface area contributed by atoms with Crippen LogP contribution in [0.1, 0.15) is 46.5 Å². The first-order chi connectivity index (χ1) is 11.4. The van der Waals surface area contributed by atoms with Crippen molar-refractivity contribution in [2.45, 2.75) is 64.6 Å². The van der Waals surface area contributed by atoms with Crippen molar-refractivity contribution in [3.8, 4) is 0 Å². The highest BCUT2D eigenvalue weighted by molar-refractivity contribution is 5.73. The van der Waals surface area contributed by atoms with Crippen molar-refractivity contribution in [3.63, 3.8) is 0 Å². The molecular formula is C15H34N4O6. The van der Waals surface area contributed by atoms with Crippen molar-refractivity contribution >= 4 is 17.9 Å². The van der Waals surface area contributed by atoms with Crippen molar-refractivity contribution < 1.29 is 29.7 Å². The summed E-state index contributed by atoms with van der Waals surface area (Å²) in [6.45, 7) is 5.92. The van der Waals surface area contributed by atoms with Crippen LogP contribution < -0.4 is 22.9 Å². The fraction of sp³-hybridized carbons (Fsp3) is 0.800. The van der Waals surface area contributed by atoms with Gasteiger partial charge in [-0.3, -0.25) is 14.4 Å².